The molecule has 26 heavy (non-hydrogen) atoms. The molecule has 0 N–H and O–H groups in total. The average molecular weight is 350 g/mol. The van der Waals surface area contributed by atoms with Crippen LogP contribution in [0.1, 0.15) is 48.0 Å². The summed E-state index contributed by atoms with van der Waals surface area (Å²) in [6, 6.07) is 14.7. The Morgan fingerprint density at radius 2 is 1.73 bits per heavy atom. The first-order valence-corrected chi connectivity index (χ1v) is 8.90. The van der Waals surface area contributed by atoms with Crippen molar-refractivity contribution < 1.29 is 14.0 Å². The summed E-state index contributed by atoms with van der Waals surface area (Å²) in [5, 5.41) is 0. The topological polar surface area (TPSA) is 49.7 Å². The van der Waals surface area contributed by atoms with Crippen molar-refractivity contribution in [1.29, 1.82) is 0 Å². The second-order valence-corrected chi connectivity index (χ2v) is 6.83. The summed E-state index contributed by atoms with van der Waals surface area (Å²) in [6.07, 6.45) is 4.18. The third kappa shape index (κ3) is 2.73. The largest absolute Gasteiger partial charge is 0.281 e. The predicted molar refractivity (Wildman–Crippen MR) is 96.4 cm³/mol. The third-order valence-corrected chi connectivity index (χ3v) is 5.12. The fraction of sp³-hybridized carbons (Fsp3) is 0.286. The maximum absolute atomic E-state index is 13.6. The van der Waals surface area contributed by atoms with Crippen LogP contribution in [0.4, 0.5) is 4.39 Å². The number of hydrogen-bond donors (Lipinski definition) is 0. The highest BCUT2D eigenvalue weighted by Gasteiger charge is 2.51. The lowest BCUT2D eigenvalue weighted by Gasteiger charge is -2.37. The number of benzene rings is 2. The van der Waals surface area contributed by atoms with E-state index in [1.807, 2.05) is 30.3 Å². The highest BCUT2D eigenvalue weighted by molar-refractivity contribution is 6.49. The minimum Gasteiger partial charge on any atom is -0.269 e. The van der Waals surface area contributed by atoms with Gasteiger partial charge in [0.2, 0.25) is 0 Å². The number of carbonyl (C=O) groups is 2. The highest BCUT2D eigenvalue weighted by Crippen LogP contribution is 2.40. The smallest absolute Gasteiger partial charge is 0.269 e. The lowest BCUT2D eigenvalue weighted by molar-refractivity contribution is -0.125. The summed E-state index contributed by atoms with van der Waals surface area (Å²) in [6.45, 7) is 0. The Balaban J connectivity index is 1.78. The Hall–Kier alpha value is -2.82. The fourth-order valence-electron chi connectivity index (χ4n) is 3.87. The van der Waals surface area contributed by atoms with E-state index in [2.05, 4.69) is 0 Å². The molecule has 1 spiro atoms. The molecule has 2 aliphatic rings. The third-order valence-electron chi connectivity index (χ3n) is 5.12. The fourth-order valence-corrected chi connectivity index (χ4v) is 3.87. The summed E-state index contributed by atoms with van der Waals surface area (Å²) in [5.41, 5.74) is 0.353. The number of nitrogens with zero attached hydrogens (tertiary/aromatic N) is 2. The molecule has 0 bridgehead atoms. The van der Waals surface area contributed by atoms with E-state index in [4.69, 9.17) is 4.99 Å². The molecule has 4 rings (SSSR count). The summed E-state index contributed by atoms with van der Waals surface area (Å²) < 4.78 is 13.6. The van der Waals surface area contributed by atoms with Gasteiger partial charge in [0, 0.05) is 11.1 Å². The van der Waals surface area contributed by atoms with Gasteiger partial charge in [-0.25, -0.2) is 9.29 Å². The van der Waals surface area contributed by atoms with Gasteiger partial charge in [-0.15, -0.1) is 0 Å². The van der Waals surface area contributed by atoms with Crippen LogP contribution in [-0.2, 0) is 4.79 Å². The second kappa shape index (κ2) is 6.48. The lowest BCUT2D eigenvalue weighted by atomic mass is 9.88. The normalized spacial score (nSPS) is 18.9. The molecule has 0 saturated heterocycles. The molecular formula is C21H19FN2O2. The van der Waals surface area contributed by atoms with E-state index >= 15 is 0 Å². The van der Waals surface area contributed by atoms with Crippen LogP contribution in [-0.4, -0.2) is 28.1 Å². The van der Waals surface area contributed by atoms with E-state index in [0.717, 1.165) is 19.3 Å². The average Bonchev–Trinajstić information content (AvgIpc) is 2.94. The van der Waals surface area contributed by atoms with Crippen LogP contribution in [0, 0.1) is 5.82 Å². The molecule has 0 radical (unpaired) electrons. The molecule has 0 aromatic heterocycles. The van der Waals surface area contributed by atoms with Gasteiger partial charge in [-0.3, -0.25) is 14.6 Å². The van der Waals surface area contributed by atoms with E-state index < -0.39 is 23.3 Å². The van der Waals surface area contributed by atoms with Crippen LogP contribution in [0.2, 0.25) is 0 Å². The molecule has 5 heteroatoms. The minimum absolute atomic E-state index is 0.174. The Morgan fingerprint density at radius 3 is 2.42 bits per heavy atom. The Bertz CT molecular complexity index is 886. The van der Waals surface area contributed by atoms with Crippen LogP contribution in [0.3, 0.4) is 0 Å². The molecule has 2 aromatic carbocycles. The number of amides is 2. The first kappa shape index (κ1) is 16.6. The van der Waals surface area contributed by atoms with Crippen molar-refractivity contribution in [3.05, 3.63) is 71.5 Å². The van der Waals surface area contributed by atoms with Crippen molar-refractivity contribution in [1.82, 2.24) is 4.90 Å². The van der Waals surface area contributed by atoms with Gasteiger partial charge in [0.15, 0.2) is 0 Å². The van der Waals surface area contributed by atoms with Gasteiger partial charge in [0.25, 0.3) is 11.8 Å². The lowest BCUT2D eigenvalue weighted by Crippen LogP contribution is -2.51. The standard InChI is InChI=1S/C21H19FN2O2/c22-17-11-7-10-16(14-17)19(25)24-20(26)18(15-8-3-1-4-9-15)23-21(24)12-5-2-6-13-21/h1,3-4,7-11,14H,2,5-6,12-13H2. The Morgan fingerprint density at radius 1 is 1.00 bits per heavy atom. The molecule has 1 aliphatic carbocycles. The quantitative estimate of drug-likeness (QED) is 0.770. The van der Waals surface area contributed by atoms with E-state index in [1.54, 1.807) is 0 Å². The number of imide groups is 1. The van der Waals surface area contributed by atoms with Gasteiger partial charge < -0.3 is 0 Å². The van der Waals surface area contributed by atoms with Crippen molar-refractivity contribution >= 4 is 17.5 Å². The monoisotopic (exact) mass is 350 g/mol. The SMILES string of the molecule is O=C1C(c2ccccc2)=NC2(CCCCC2)N1C(=O)c1cccc(F)c1. The summed E-state index contributed by atoms with van der Waals surface area (Å²) in [4.78, 5) is 32.3. The molecule has 1 saturated carbocycles. The van der Waals surface area contributed by atoms with Crippen LogP contribution in [0.15, 0.2) is 59.6 Å². The number of rotatable bonds is 2. The number of carbonyl (C=O) groups excluding carboxylic acids is 2. The zero-order valence-electron chi connectivity index (χ0n) is 14.3. The van der Waals surface area contributed by atoms with Crippen LogP contribution >= 0.6 is 0 Å². The molecule has 2 amide bonds. The van der Waals surface area contributed by atoms with Crippen molar-refractivity contribution in [2.45, 2.75) is 37.8 Å². The van der Waals surface area contributed by atoms with Gasteiger partial charge >= 0.3 is 0 Å². The van der Waals surface area contributed by atoms with E-state index in [-0.39, 0.29) is 5.56 Å². The molecule has 2 aromatic rings. The maximum atomic E-state index is 13.6. The van der Waals surface area contributed by atoms with Gasteiger partial charge in [0.05, 0.1) is 0 Å². The van der Waals surface area contributed by atoms with Crippen molar-refractivity contribution in [2.24, 2.45) is 4.99 Å². The summed E-state index contributed by atoms with van der Waals surface area (Å²) >= 11 is 0. The van der Waals surface area contributed by atoms with E-state index in [9.17, 15) is 14.0 Å². The number of aliphatic imine (C=N–C) groups is 1. The zero-order valence-corrected chi connectivity index (χ0v) is 14.3. The minimum atomic E-state index is -0.843. The molecule has 0 unspecified atom stereocenters. The van der Waals surface area contributed by atoms with Gasteiger partial charge in [-0.2, -0.15) is 0 Å². The van der Waals surface area contributed by atoms with Crippen molar-refractivity contribution in [3.63, 3.8) is 0 Å². The number of halogens is 1. The van der Waals surface area contributed by atoms with Crippen molar-refractivity contribution in [2.75, 3.05) is 0 Å². The first-order valence-electron chi connectivity index (χ1n) is 8.90. The Labute approximate surface area is 151 Å². The molecule has 1 heterocycles. The molecule has 1 fully saturated rings. The zero-order chi connectivity index (χ0) is 18.1. The second-order valence-electron chi connectivity index (χ2n) is 6.83. The maximum Gasteiger partial charge on any atom is 0.281 e. The molecule has 1 aliphatic heterocycles. The van der Waals surface area contributed by atoms with Gasteiger partial charge in [-0.1, -0.05) is 42.8 Å². The van der Waals surface area contributed by atoms with Gasteiger partial charge in [-0.05, 0) is 43.9 Å². The molecule has 0 atom stereocenters. The molecule has 132 valence electrons. The number of hydrogen-bond acceptors (Lipinski definition) is 3. The molecular weight excluding hydrogens is 331 g/mol. The van der Waals surface area contributed by atoms with Crippen LogP contribution in [0.5, 0.6) is 0 Å². The van der Waals surface area contributed by atoms with E-state index in [0.29, 0.717) is 24.1 Å². The summed E-state index contributed by atoms with van der Waals surface area (Å²) in [7, 11) is 0. The first-order chi connectivity index (χ1) is 12.6. The van der Waals surface area contributed by atoms with Crippen molar-refractivity contribution in [3.8, 4) is 0 Å². The van der Waals surface area contributed by atoms with E-state index in [1.165, 1.54) is 29.2 Å². The van der Waals surface area contributed by atoms with Crippen LogP contribution in [0.25, 0.3) is 0 Å². The highest BCUT2D eigenvalue weighted by atomic mass is 19.1. The van der Waals surface area contributed by atoms with Gasteiger partial charge in [0.1, 0.15) is 17.2 Å². The van der Waals surface area contributed by atoms with Crippen LogP contribution < -0.4 is 0 Å². The molecule has 4 nitrogen and oxygen atoms in total. The predicted octanol–water partition coefficient (Wildman–Crippen LogP) is 3.96. The Kier molecular flexibility index (Phi) is 4.15. The summed E-state index contributed by atoms with van der Waals surface area (Å²) in [5.74, 6) is -1.37.